The van der Waals surface area contributed by atoms with Crippen LogP contribution in [0.25, 0.3) is 5.69 Å². The molecule has 1 aromatic heterocycles. The van der Waals surface area contributed by atoms with Gasteiger partial charge in [-0.05, 0) is 31.2 Å². The number of aromatic nitrogens is 2. The molecule has 82 valence electrons. The molecular formula is C11H10FN3S. The zero-order chi connectivity index (χ0) is 11.7. The lowest BCUT2D eigenvalue weighted by Crippen LogP contribution is -2.10. The first-order valence-electron chi connectivity index (χ1n) is 4.70. The molecule has 0 aliphatic carbocycles. The van der Waals surface area contributed by atoms with Crippen LogP contribution >= 0.6 is 12.2 Å². The van der Waals surface area contributed by atoms with Crippen molar-refractivity contribution >= 4 is 17.2 Å². The molecule has 0 saturated carbocycles. The maximum Gasteiger partial charge on any atom is 0.123 e. The van der Waals surface area contributed by atoms with Gasteiger partial charge in [0, 0.05) is 0 Å². The highest BCUT2D eigenvalue weighted by atomic mass is 32.1. The van der Waals surface area contributed by atoms with Gasteiger partial charge in [-0.1, -0.05) is 12.2 Å². The Morgan fingerprint density at radius 1 is 1.38 bits per heavy atom. The van der Waals surface area contributed by atoms with E-state index in [4.69, 9.17) is 18.0 Å². The fourth-order valence-corrected chi connectivity index (χ4v) is 1.69. The summed E-state index contributed by atoms with van der Waals surface area (Å²) in [7, 11) is 0. The molecule has 0 aliphatic rings. The summed E-state index contributed by atoms with van der Waals surface area (Å²) < 4.78 is 14.4. The topological polar surface area (TPSA) is 43.8 Å². The summed E-state index contributed by atoms with van der Waals surface area (Å²) >= 11 is 4.90. The van der Waals surface area contributed by atoms with Gasteiger partial charge >= 0.3 is 0 Å². The van der Waals surface area contributed by atoms with E-state index >= 15 is 0 Å². The van der Waals surface area contributed by atoms with Gasteiger partial charge in [0.25, 0.3) is 0 Å². The second-order valence-corrected chi connectivity index (χ2v) is 3.84. The second kappa shape index (κ2) is 4.02. The molecule has 5 heteroatoms. The third-order valence-electron chi connectivity index (χ3n) is 2.35. The molecule has 0 radical (unpaired) electrons. The van der Waals surface area contributed by atoms with Gasteiger partial charge in [-0.15, -0.1) is 0 Å². The fraction of sp³-hybridized carbons (Fsp3) is 0.0909. The Morgan fingerprint density at radius 3 is 2.50 bits per heavy atom. The van der Waals surface area contributed by atoms with Crippen LogP contribution in [-0.2, 0) is 0 Å². The van der Waals surface area contributed by atoms with E-state index in [0.29, 0.717) is 4.99 Å². The summed E-state index contributed by atoms with van der Waals surface area (Å²) in [6.07, 6.45) is 1.61. The minimum Gasteiger partial charge on any atom is -0.389 e. The van der Waals surface area contributed by atoms with Crippen molar-refractivity contribution in [3.8, 4) is 5.69 Å². The van der Waals surface area contributed by atoms with Gasteiger partial charge in [-0.3, -0.25) is 0 Å². The largest absolute Gasteiger partial charge is 0.389 e. The first kappa shape index (κ1) is 10.8. The van der Waals surface area contributed by atoms with Crippen LogP contribution in [-0.4, -0.2) is 14.8 Å². The zero-order valence-electron chi connectivity index (χ0n) is 8.64. The average molecular weight is 235 g/mol. The fourth-order valence-electron chi connectivity index (χ4n) is 1.49. The Balaban J connectivity index is 2.49. The Morgan fingerprint density at radius 2 is 2.00 bits per heavy atom. The molecule has 16 heavy (non-hydrogen) atoms. The molecule has 3 nitrogen and oxygen atoms in total. The van der Waals surface area contributed by atoms with Gasteiger partial charge in [0.2, 0.25) is 0 Å². The van der Waals surface area contributed by atoms with Gasteiger partial charge in [-0.2, -0.15) is 5.10 Å². The Labute approximate surface area is 97.7 Å². The predicted molar refractivity (Wildman–Crippen MR) is 64.1 cm³/mol. The van der Waals surface area contributed by atoms with E-state index in [1.165, 1.54) is 12.1 Å². The molecule has 0 fully saturated rings. The number of halogens is 1. The van der Waals surface area contributed by atoms with Gasteiger partial charge in [0.15, 0.2) is 0 Å². The first-order chi connectivity index (χ1) is 7.59. The van der Waals surface area contributed by atoms with E-state index < -0.39 is 0 Å². The van der Waals surface area contributed by atoms with E-state index in [2.05, 4.69) is 5.10 Å². The van der Waals surface area contributed by atoms with Gasteiger partial charge in [0.05, 0.1) is 23.1 Å². The monoisotopic (exact) mass is 235 g/mol. The van der Waals surface area contributed by atoms with Crippen molar-refractivity contribution in [3.05, 3.63) is 47.5 Å². The quantitative estimate of drug-likeness (QED) is 0.809. The Bertz CT molecular complexity index is 531. The molecule has 2 aromatic rings. The average Bonchev–Trinajstić information content (AvgIpc) is 2.61. The lowest BCUT2D eigenvalue weighted by Gasteiger charge is -2.04. The molecule has 0 bridgehead atoms. The SMILES string of the molecule is Cc1c(C(N)=S)cnn1-c1ccc(F)cc1. The number of hydrogen-bond donors (Lipinski definition) is 1. The van der Waals surface area contributed by atoms with Crippen LogP contribution < -0.4 is 5.73 Å². The molecule has 2 N–H and O–H groups in total. The molecular weight excluding hydrogens is 225 g/mol. The number of rotatable bonds is 2. The number of hydrogen-bond acceptors (Lipinski definition) is 2. The molecule has 0 aliphatic heterocycles. The Hall–Kier alpha value is -1.75. The van der Waals surface area contributed by atoms with E-state index in [1.807, 2.05) is 6.92 Å². The lowest BCUT2D eigenvalue weighted by molar-refractivity contribution is 0.627. The minimum atomic E-state index is -0.275. The lowest BCUT2D eigenvalue weighted by atomic mass is 10.2. The smallest absolute Gasteiger partial charge is 0.123 e. The zero-order valence-corrected chi connectivity index (χ0v) is 9.46. The molecule has 2 rings (SSSR count). The van der Waals surface area contributed by atoms with E-state index in [-0.39, 0.29) is 5.82 Å². The van der Waals surface area contributed by atoms with Crippen LogP contribution in [0, 0.1) is 12.7 Å². The van der Waals surface area contributed by atoms with Crippen molar-refractivity contribution in [2.24, 2.45) is 5.73 Å². The molecule has 1 aromatic carbocycles. The maximum absolute atomic E-state index is 12.8. The van der Waals surface area contributed by atoms with Crippen LogP contribution in [0.4, 0.5) is 4.39 Å². The van der Waals surface area contributed by atoms with E-state index in [0.717, 1.165) is 16.9 Å². The van der Waals surface area contributed by atoms with Crippen LogP contribution in [0.1, 0.15) is 11.3 Å². The van der Waals surface area contributed by atoms with E-state index in [1.54, 1.807) is 23.0 Å². The second-order valence-electron chi connectivity index (χ2n) is 3.40. The normalized spacial score (nSPS) is 10.4. The van der Waals surface area contributed by atoms with Gasteiger partial charge < -0.3 is 5.73 Å². The molecule has 0 amide bonds. The third kappa shape index (κ3) is 1.81. The summed E-state index contributed by atoms with van der Waals surface area (Å²) in [6, 6.07) is 6.07. The summed E-state index contributed by atoms with van der Waals surface area (Å²) in [4.78, 5) is 0.311. The first-order valence-corrected chi connectivity index (χ1v) is 5.11. The molecule has 0 atom stereocenters. The summed E-state index contributed by atoms with van der Waals surface area (Å²) in [5, 5.41) is 4.16. The Kier molecular flexibility index (Phi) is 2.70. The van der Waals surface area contributed by atoms with Gasteiger partial charge in [-0.25, -0.2) is 9.07 Å². The highest BCUT2D eigenvalue weighted by Gasteiger charge is 2.09. The highest BCUT2D eigenvalue weighted by Crippen LogP contribution is 2.14. The van der Waals surface area contributed by atoms with Crippen molar-refractivity contribution in [3.63, 3.8) is 0 Å². The molecule has 0 saturated heterocycles. The number of nitrogens with zero attached hydrogens (tertiary/aromatic N) is 2. The minimum absolute atomic E-state index is 0.275. The van der Waals surface area contributed by atoms with Crippen molar-refractivity contribution in [2.45, 2.75) is 6.92 Å². The summed E-state index contributed by atoms with van der Waals surface area (Å²) in [5.41, 5.74) is 7.91. The molecule has 0 spiro atoms. The molecule has 0 unspecified atom stereocenters. The number of nitrogens with two attached hydrogens (primary N) is 1. The molecule has 1 heterocycles. The van der Waals surface area contributed by atoms with E-state index in [9.17, 15) is 4.39 Å². The predicted octanol–water partition coefficient (Wildman–Crippen LogP) is 1.95. The van der Waals surface area contributed by atoms with Gasteiger partial charge in [0.1, 0.15) is 10.8 Å². The standard InChI is InChI=1S/C11H10FN3S/c1-7-10(11(13)16)6-14-15(7)9-4-2-8(12)3-5-9/h2-6H,1H3,(H2,13,16). The summed E-state index contributed by atoms with van der Waals surface area (Å²) in [6.45, 7) is 1.87. The van der Waals surface area contributed by atoms with Crippen molar-refractivity contribution in [2.75, 3.05) is 0 Å². The van der Waals surface area contributed by atoms with Crippen LogP contribution in [0.15, 0.2) is 30.5 Å². The van der Waals surface area contributed by atoms with Crippen molar-refractivity contribution in [1.29, 1.82) is 0 Å². The maximum atomic E-state index is 12.8. The van der Waals surface area contributed by atoms with Crippen LogP contribution in [0.2, 0.25) is 0 Å². The summed E-state index contributed by atoms with van der Waals surface area (Å²) in [5.74, 6) is -0.275. The van der Waals surface area contributed by atoms with Crippen molar-refractivity contribution in [1.82, 2.24) is 9.78 Å². The number of benzene rings is 1. The third-order valence-corrected chi connectivity index (χ3v) is 2.57. The van der Waals surface area contributed by atoms with Crippen LogP contribution in [0.5, 0.6) is 0 Å². The number of thiocarbonyl (C=S) groups is 1. The highest BCUT2D eigenvalue weighted by molar-refractivity contribution is 7.80. The van der Waals surface area contributed by atoms with Crippen molar-refractivity contribution < 1.29 is 4.39 Å². The van der Waals surface area contributed by atoms with Crippen LogP contribution in [0.3, 0.4) is 0 Å².